The molecule has 0 saturated heterocycles. The molecule has 1 fully saturated rings. The molecule has 0 spiro atoms. The Hall–Kier alpha value is -1.68. The number of rotatable bonds is 4. The van der Waals surface area contributed by atoms with E-state index >= 15 is 0 Å². The Morgan fingerprint density at radius 1 is 1.20 bits per heavy atom. The predicted octanol–water partition coefficient (Wildman–Crippen LogP) is 2.95. The quantitative estimate of drug-likeness (QED) is 0.929. The minimum absolute atomic E-state index is 0.0550. The number of hydrogen-bond donors (Lipinski definition) is 1. The van der Waals surface area contributed by atoms with E-state index in [1.807, 2.05) is 22.9 Å². The summed E-state index contributed by atoms with van der Waals surface area (Å²) in [6.45, 7) is 7.28. The molecule has 1 heterocycles. The number of benzene rings is 1. The second-order valence-corrected chi connectivity index (χ2v) is 6.46. The normalized spacial score (nSPS) is 15.6. The van der Waals surface area contributed by atoms with Crippen molar-refractivity contribution in [3.8, 4) is 11.4 Å². The maximum Gasteiger partial charge on any atom is 0.181 e. The van der Waals surface area contributed by atoms with Gasteiger partial charge in [-0.25, -0.2) is 9.67 Å². The van der Waals surface area contributed by atoms with E-state index in [0.29, 0.717) is 6.04 Å². The van der Waals surface area contributed by atoms with E-state index in [9.17, 15) is 0 Å². The smallest absolute Gasteiger partial charge is 0.181 e. The Balaban J connectivity index is 1.92. The van der Waals surface area contributed by atoms with Crippen molar-refractivity contribution in [3.63, 3.8) is 0 Å². The standard InChI is InChI=1S/C16H22N4/c1-16(2,3)20-14(11-17-13-9-10-13)18-15(19-20)12-7-5-4-6-8-12/h4-8,13,17H,9-11H2,1-3H3. The number of aromatic nitrogens is 3. The number of nitrogens with zero attached hydrogens (tertiary/aromatic N) is 3. The molecule has 0 radical (unpaired) electrons. The van der Waals surface area contributed by atoms with Crippen LogP contribution in [-0.2, 0) is 12.1 Å². The summed E-state index contributed by atoms with van der Waals surface area (Å²) in [5.74, 6) is 1.83. The first kappa shape index (κ1) is 13.3. The highest BCUT2D eigenvalue weighted by Gasteiger charge is 2.24. The van der Waals surface area contributed by atoms with Crippen molar-refractivity contribution in [2.24, 2.45) is 0 Å². The van der Waals surface area contributed by atoms with Crippen LogP contribution in [0, 0.1) is 0 Å². The maximum atomic E-state index is 4.74. The largest absolute Gasteiger partial charge is 0.307 e. The summed E-state index contributed by atoms with van der Waals surface area (Å²) < 4.78 is 2.05. The van der Waals surface area contributed by atoms with Gasteiger partial charge in [-0.1, -0.05) is 30.3 Å². The second kappa shape index (κ2) is 5.02. The first-order valence-corrected chi connectivity index (χ1v) is 7.29. The fourth-order valence-electron chi connectivity index (χ4n) is 2.23. The van der Waals surface area contributed by atoms with Gasteiger partial charge >= 0.3 is 0 Å². The van der Waals surface area contributed by atoms with Crippen LogP contribution in [0.25, 0.3) is 11.4 Å². The van der Waals surface area contributed by atoms with Gasteiger partial charge in [0, 0.05) is 11.6 Å². The predicted molar refractivity (Wildman–Crippen MR) is 80.3 cm³/mol. The van der Waals surface area contributed by atoms with Crippen molar-refractivity contribution in [2.45, 2.75) is 51.7 Å². The van der Waals surface area contributed by atoms with Crippen LogP contribution >= 0.6 is 0 Å². The van der Waals surface area contributed by atoms with Gasteiger partial charge in [0.05, 0.1) is 12.1 Å². The lowest BCUT2D eigenvalue weighted by Crippen LogP contribution is -2.28. The molecule has 106 valence electrons. The van der Waals surface area contributed by atoms with Crippen LogP contribution in [0.1, 0.15) is 39.4 Å². The minimum Gasteiger partial charge on any atom is -0.307 e. The van der Waals surface area contributed by atoms with Gasteiger partial charge in [-0.2, -0.15) is 5.10 Å². The topological polar surface area (TPSA) is 42.7 Å². The van der Waals surface area contributed by atoms with Crippen molar-refractivity contribution in [3.05, 3.63) is 36.2 Å². The third-order valence-corrected chi connectivity index (χ3v) is 3.47. The third-order valence-electron chi connectivity index (χ3n) is 3.47. The lowest BCUT2D eigenvalue weighted by molar-refractivity contribution is 0.338. The molecule has 1 aliphatic rings. The number of hydrogen-bond acceptors (Lipinski definition) is 3. The molecule has 0 atom stereocenters. The summed E-state index contributed by atoms with van der Waals surface area (Å²) in [7, 11) is 0. The molecule has 1 aromatic carbocycles. The summed E-state index contributed by atoms with van der Waals surface area (Å²) in [5.41, 5.74) is 1.02. The van der Waals surface area contributed by atoms with Crippen molar-refractivity contribution >= 4 is 0 Å². The molecule has 0 aliphatic heterocycles. The Morgan fingerprint density at radius 3 is 2.50 bits per heavy atom. The summed E-state index contributed by atoms with van der Waals surface area (Å²) in [5, 5.41) is 8.24. The van der Waals surface area contributed by atoms with E-state index in [0.717, 1.165) is 23.8 Å². The Kier molecular flexibility index (Phi) is 3.34. The zero-order valence-electron chi connectivity index (χ0n) is 12.4. The molecular weight excluding hydrogens is 248 g/mol. The summed E-state index contributed by atoms with van der Waals surface area (Å²) in [6.07, 6.45) is 2.57. The Bertz CT molecular complexity index is 576. The van der Waals surface area contributed by atoms with Crippen LogP contribution in [0.3, 0.4) is 0 Å². The fraction of sp³-hybridized carbons (Fsp3) is 0.500. The third kappa shape index (κ3) is 2.90. The minimum atomic E-state index is -0.0550. The molecule has 1 aliphatic carbocycles. The number of nitrogens with one attached hydrogen (secondary N) is 1. The molecule has 0 amide bonds. The zero-order chi connectivity index (χ0) is 14.2. The highest BCUT2D eigenvalue weighted by Crippen LogP contribution is 2.23. The monoisotopic (exact) mass is 270 g/mol. The molecule has 20 heavy (non-hydrogen) atoms. The Labute approximate surface area is 120 Å². The van der Waals surface area contributed by atoms with Crippen molar-refractivity contribution in [1.29, 1.82) is 0 Å². The highest BCUT2D eigenvalue weighted by atomic mass is 15.4. The van der Waals surface area contributed by atoms with Gasteiger partial charge in [0.15, 0.2) is 5.82 Å². The van der Waals surface area contributed by atoms with Crippen LogP contribution in [0.4, 0.5) is 0 Å². The van der Waals surface area contributed by atoms with Gasteiger partial charge < -0.3 is 5.32 Å². The second-order valence-electron chi connectivity index (χ2n) is 6.46. The van der Waals surface area contributed by atoms with Gasteiger partial charge in [0.1, 0.15) is 5.82 Å². The van der Waals surface area contributed by atoms with Gasteiger partial charge in [-0.05, 0) is 33.6 Å². The summed E-state index contributed by atoms with van der Waals surface area (Å²) in [6, 6.07) is 10.9. The molecule has 0 unspecified atom stereocenters. The van der Waals surface area contributed by atoms with E-state index in [-0.39, 0.29) is 5.54 Å². The molecule has 1 aromatic heterocycles. The molecule has 4 nitrogen and oxygen atoms in total. The first-order chi connectivity index (χ1) is 9.54. The van der Waals surface area contributed by atoms with Crippen molar-refractivity contribution < 1.29 is 0 Å². The Morgan fingerprint density at radius 2 is 1.90 bits per heavy atom. The van der Waals surface area contributed by atoms with E-state index in [4.69, 9.17) is 10.1 Å². The van der Waals surface area contributed by atoms with Crippen LogP contribution < -0.4 is 5.32 Å². The van der Waals surface area contributed by atoms with Gasteiger partial charge in [0.2, 0.25) is 0 Å². The molecule has 1 saturated carbocycles. The van der Waals surface area contributed by atoms with E-state index in [2.05, 4.69) is 38.2 Å². The van der Waals surface area contributed by atoms with Gasteiger partial charge in [-0.3, -0.25) is 0 Å². The van der Waals surface area contributed by atoms with Gasteiger partial charge in [0.25, 0.3) is 0 Å². The van der Waals surface area contributed by atoms with E-state index in [1.54, 1.807) is 0 Å². The van der Waals surface area contributed by atoms with Crippen LogP contribution in [0.15, 0.2) is 30.3 Å². The molecule has 3 rings (SSSR count). The van der Waals surface area contributed by atoms with E-state index < -0.39 is 0 Å². The van der Waals surface area contributed by atoms with Crippen LogP contribution in [0.5, 0.6) is 0 Å². The summed E-state index contributed by atoms with van der Waals surface area (Å²) in [4.78, 5) is 4.74. The van der Waals surface area contributed by atoms with E-state index in [1.165, 1.54) is 12.8 Å². The lowest BCUT2D eigenvalue weighted by Gasteiger charge is -2.21. The summed E-state index contributed by atoms with van der Waals surface area (Å²) >= 11 is 0. The van der Waals surface area contributed by atoms with Crippen molar-refractivity contribution in [1.82, 2.24) is 20.1 Å². The fourth-order valence-corrected chi connectivity index (χ4v) is 2.23. The molecule has 0 bridgehead atoms. The zero-order valence-corrected chi connectivity index (χ0v) is 12.4. The molecule has 1 N–H and O–H groups in total. The maximum absolute atomic E-state index is 4.74. The lowest BCUT2D eigenvalue weighted by atomic mass is 10.1. The highest BCUT2D eigenvalue weighted by molar-refractivity contribution is 5.54. The molecule has 2 aromatic rings. The molecular formula is C16H22N4. The average Bonchev–Trinajstić information content (AvgIpc) is 3.14. The molecule has 4 heteroatoms. The SMILES string of the molecule is CC(C)(C)n1nc(-c2ccccc2)nc1CNC1CC1. The van der Waals surface area contributed by atoms with Crippen LogP contribution in [-0.4, -0.2) is 20.8 Å². The average molecular weight is 270 g/mol. The first-order valence-electron chi connectivity index (χ1n) is 7.29. The van der Waals surface area contributed by atoms with Crippen molar-refractivity contribution in [2.75, 3.05) is 0 Å². The van der Waals surface area contributed by atoms with Gasteiger partial charge in [-0.15, -0.1) is 0 Å². The van der Waals surface area contributed by atoms with Crippen LogP contribution in [0.2, 0.25) is 0 Å².